The highest BCUT2D eigenvalue weighted by Gasteiger charge is 2.20. The number of aromatic nitrogens is 4. The molecule has 10 nitrogen and oxygen atoms in total. The summed E-state index contributed by atoms with van der Waals surface area (Å²) in [6, 6.07) is 4.78. The standard InChI is InChI=1S/C21H27Cl2N5O5/c1-12(2)32-8-4-7-24-20-25-18-17(19(30)26-21(31)27(18)3)28(20)10-14(29)11-33-16-6-5-13(22)9-15(16)23/h5-6,9,12,14,29H,4,7-8,10-11H2,1-3H3,(H,24,25)(H,26,30,31)/t14-/m0/s1. The summed E-state index contributed by atoms with van der Waals surface area (Å²) in [5.74, 6) is 0.726. The second-order valence-electron chi connectivity index (χ2n) is 7.78. The van der Waals surface area contributed by atoms with Crippen molar-refractivity contribution >= 4 is 40.3 Å². The van der Waals surface area contributed by atoms with Gasteiger partial charge in [0.2, 0.25) is 5.95 Å². The van der Waals surface area contributed by atoms with Crippen molar-refractivity contribution in [2.75, 3.05) is 25.1 Å². The van der Waals surface area contributed by atoms with Crippen LogP contribution in [0, 0.1) is 0 Å². The van der Waals surface area contributed by atoms with Gasteiger partial charge in [-0.05, 0) is 38.5 Å². The number of H-pyrrole nitrogens is 1. The Morgan fingerprint density at radius 1 is 1.27 bits per heavy atom. The fourth-order valence-corrected chi connectivity index (χ4v) is 3.64. The molecular weight excluding hydrogens is 473 g/mol. The number of rotatable bonds is 11. The molecule has 3 N–H and O–H groups in total. The van der Waals surface area contributed by atoms with Crippen molar-refractivity contribution < 1.29 is 14.6 Å². The van der Waals surface area contributed by atoms with E-state index in [2.05, 4.69) is 15.3 Å². The molecule has 2 heterocycles. The first-order chi connectivity index (χ1) is 15.7. The minimum absolute atomic E-state index is 0.00613. The van der Waals surface area contributed by atoms with Crippen LogP contribution < -0.4 is 21.3 Å². The fraction of sp³-hybridized carbons (Fsp3) is 0.476. The van der Waals surface area contributed by atoms with Gasteiger partial charge in [0.05, 0.1) is 17.7 Å². The second kappa shape index (κ2) is 11.1. The molecule has 0 fully saturated rings. The Morgan fingerprint density at radius 3 is 2.73 bits per heavy atom. The predicted octanol–water partition coefficient (Wildman–Crippen LogP) is 2.40. The number of aromatic amines is 1. The summed E-state index contributed by atoms with van der Waals surface area (Å²) in [5.41, 5.74) is -0.791. The lowest BCUT2D eigenvalue weighted by atomic mass is 10.3. The van der Waals surface area contributed by atoms with Crippen LogP contribution in [0.2, 0.25) is 10.0 Å². The van der Waals surface area contributed by atoms with Crippen molar-refractivity contribution in [3.05, 3.63) is 49.1 Å². The number of benzene rings is 1. The zero-order valence-corrected chi connectivity index (χ0v) is 20.1. The third kappa shape index (κ3) is 6.29. The summed E-state index contributed by atoms with van der Waals surface area (Å²) < 4.78 is 13.9. The van der Waals surface area contributed by atoms with Gasteiger partial charge in [-0.15, -0.1) is 0 Å². The fourth-order valence-electron chi connectivity index (χ4n) is 3.18. The molecule has 12 heteroatoms. The van der Waals surface area contributed by atoms with E-state index in [-0.39, 0.29) is 30.4 Å². The first-order valence-corrected chi connectivity index (χ1v) is 11.2. The maximum absolute atomic E-state index is 12.6. The van der Waals surface area contributed by atoms with Crippen LogP contribution in [0.15, 0.2) is 27.8 Å². The molecule has 0 amide bonds. The number of aliphatic hydroxyl groups is 1. The minimum Gasteiger partial charge on any atom is -0.489 e. The average Bonchev–Trinajstić information content (AvgIpc) is 3.09. The molecule has 0 saturated carbocycles. The summed E-state index contributed by atoms with van der Waals surface area (Å²) in [6.07, 6.45) is -0.167. The van der Waals surface area contributed by atoms with Crippen LogP contribution in [0.4, 0.5) is 5.95 Å². The topological polar surface area (TPSA) is 123 Å². The molecule has 0 aliphatic rings. The molecule has 0 unspecified atom stereocenters. The molecule has 0 bridgehead atoms. The largest absolute Gasteiger partial charge is 0.489 e. The van der Waals surface area contributed by atoms with Crippen molar-refractivity contribution in [3.8, 4) is 5.75 Å². The molecule has 0 spiro atoms. The number of aryl methyl sites for hydroxylation is 1. The number of nitrogens with one attached hydrogen (secondary N) is 2. The van der Waals surface area contributed by atoms with E-state index in [4.69, 9.17) is 32.7 Å². The van der Waals surface area contributed by atoms with Gasteiger partial charge in [-0.3, -0.25) is 14.3 Å². The second-order valence-corrected chi connectivity index (χ2v) is 8.62. The van der Waals surface area contributed by atoms with E-state index in [1.165, 1.54) is 16.2 Å². The zero-order valence-electron chi connectivity index (χ0n) is 18.6. The lowest BCUT2D eigenvalue weighted by Crippen LogP contribution is -2.31. The molecule has 180 valence electrons. The normalized spacial score (nSPS) is 12.5. The van der Waals surface area contributed by atoms with Crippen molar-refractivity contribution in [3.63, 3.8) is 0 Å². The zero-order chi connectivity index (χ0) is 24.1. The van der Waals surface area contributed by atoms with Gasteiger partial charge in [-0.25, -0.2) is 4.79 Å². The van der Waals surface area contributed by atoms with Crippen molar-refractivity contribution in [2.24, 2.45) is 7.05 Å². The van der Waals surface area contributed by atoms with Gasteiger partial charge in [-0.1, -0.05) is 23.2 Å². The lowest BCUT2D eigenvalue weighted by molar-refractivity contribution is 0.0786. The SMILES string of the molecule is CC(C)OCCCNc1nc2c(c(=O)[nH]c(=O)n2C)n1C[C@H](O)COc1ccc(Cl)cc1Cl. The molecule has 2 aromatic heterocycles. The van der Waals surface area contributed by atoms with Crippen LogP contribution in [-0.2, 0) is 18.3 Å². The Bertz CT molecular complexity index is 1220. The quantitative estimate of drug-likeness (QED) is 0.346. The van der Waals surface area contributed by atoms with E-state index in [9.17, 15) is 14.7 Å². The van der Waals surface area contributed by atoms with Crippen LogP contribution in [0.3, 0.4) is 0 Å². The summed E-state index contributed by atoms with van der Waals surface area (Å²) in [7, 11) is 1.51. The van der Waals surface area contributed by atoms with E-state index < -0.39 is 17.4 Å². The number of hydrogen-bond donors (Lipinski definition) is 3. The molecule has 1 aromatic carbocycles. The van der Waals surface area contributed by atoms with Crippen LogP contribution >= 0.6 is 23.2 Å². The number of aliphatic hydroxyl groups excluding tert-OH is 1. The highest BCUT2D eigenvalue weighted by molar-refractivity contribution is 6.35. The van der Waals surface area contributed by atoms with E-state index >= 15 is 0 Å². The monoisotopic (exact) mass is 499 g/mol. The first kappa shape index (κ1) is 25.1. The smallest absolute Gasteiger partial charge is 0.329 e. The predicted molar refractivity (Wildman–Crippen MR) is 128 cm³/mol. The summed E-state index contributed by atoms with van der Waals surface area (Å²) in [6.45, 7) is 4.90. The van der Waals surface area contributed by atoms with E-state index in [1.54, 1.807) is 18.2 Å². The van der Waals surface area contributed by atoms with Gasteiger partial charge >= 0.3 is 5.69 Å². The molecular formula is C21H27Cl2N5O5. The maximum atomic E-state index is 12.6. The molecule has 0 radical (unpaired) electrons. The number of fused-ring (bicyclic) bond motifs is 1. The Morgan fingerprint density at radius 2 is 2.03 bits per heavy atom. The van der Waals surface area contributed by atoms with Gasteiger partial charge in [0, 0.05) is 25.2 Å². The Labute approximate surface area is 200 Å². The summed E-state index contributed by atoms with van der Waals surface area (Å²) in [4.78, 5) is 31.3. The Balaban J connectivity index is 1.80. The number of halogens is 2. The average molecular weight is 500 g/mol. The first-order valence-electron chi connectivity index (χ1n) is 10.5. The van der Waals surface area contributed by atoms with Gasteiger partial charge in [0.25, 0.3) is 5.56 Å². The number of imidazole rings is 1. The van der Waals surface area contributed by atoms with E-state index in [0.29, 0.717) is 41.3 Å². The van der Waals surface area contributed by atoms with Crippen LogP contribution in [0.1, 0.15) is 20.3 Å². The number of nitrogens with zero attached hydrogens (tertiary/aromatic N) is 3. The third-order valence-electron chi connectivity index (χ3n) is 4.78. The van der Waals surface area contributed by atoms with E-state index in [1.807, 2.05) is 13.8 Å². The van der Waals surface area contributed by atoms with Crippen molar-refractivity contribution in [1.29, 1.82) is 0 Å². The van der Waals surface area contributed by atoms with E-state index in [0.717, 1.165) is 0 Å². The minimum atomic E-state index is -1.00. The summed E-state index contributed by atoms with van der Waals surface area (Å²) >= 11 is 12.0. The van der Waals surface area contributed by atoms with Gasteiger partial charge < -0.3 is 24.5 Å². The molecule has 1 atom stereocenters. The van der Waals surface area contributed by atoms with Crippen LogP contribution in [-0.4, -0.2) is 56.2 Å². The number of ether oxygens (including phenoxy) is 2. The molecule has 33 heavy (non-hydrogen) atoms. The highest BCUT2D eigenvalue weighted by atomic mass is 35.5. The molecule has 3 aromatic rings. The molecule has 0 aliphatic carbocycles. The Hall–Kier alpha value is -2.53. The highest BCUT2D eigenvalue weighted by Crippen LogP contribution is 2.27. The van der Waals surface area contributed by atoms with Crippen LogP contribution in [0.25, 0.3) is 11.2 Å². The molecule has 3 rings (SSSR count). The molecule has 0 aliphatic heterocycles. The van der Waals surface area contributed by atoms with Crippen LogP contribution in [0.5, 0.6) is 5.75 Å². The van der Waals surface area contributed by atoms with Gasteiger partial charge in [0.15, 0.2) is 11.2 Å². The maximum Gasteiger partial charge on any atom is 0.329 e. The van der Waals surface area contributed by atoms with Gasteiger partial charge in [0.1, 0.15) is 18.5 Å². The lowest BCUT2D eigenvalue weighted by Gasteiger charge is -2.16. The number of anilines is 1. The Kier molecular flexibility index (Phi) is 8.41. The third-order valence-corrected chi connectivity index (χ3v) is 5.31. The number of hydrogen-bond acceptors (Lipinski definition) is 7. The van der Waals surface area contributed by atoms with Crippen molar-refractivity contribution in [2.45, 2.75) is 39.0 Å². The van der Waals surface area contributed by atoms with Gasteiger partial charge in [-0.2, -0.15) is 4.98 Å². The summed E-state index contributed by atoms with van der Waals surface area (Å²) in [5, 5.41) is 14.6. The van der Waals surface area contributed by atoms with Crippen molar-refractivity contribution in [1.82, 2.24) is 19.1 Å². The molecule has 0 saturated heterocycles.